The minimum atomic E-state index is 1.04. The van der Waals surface area contributed by atoms with Crippen molar-refractivity contribution in [2.24, 2.45) is 0 Å². The number of aromatic nitrogens is 4. The summed E-state index contributed by atoms with van der Waals surface area (Å²) in [6, 6.07) is 0. The standard InChI is InChI=1S/C14H22N4S4/c1-3-5-7-11-15-17-13(21-11)19-9-10-20-14-18-16-12(22-14)8-6-4-2/h3-10H2,1-2H3. The second kappa shape index (κ2) is 10.6. The van der Waals surface area contributed by atoms with E-state index in [0.717, 1.165) is 33.0 Å². The molecule has 0 aliphatic carbocycles. The van der Waals surface area contributed by atoms with Crippen molar-refractivity contribution >= 4 is 46.2 Å². The third-order valence-electron chi connectivity index (χ3n) is 2.92. The predicted octanol–water partition coefficient (Wildman–Crippen LogP) is 4.96. The minimum absolute atomic E-state index is 1.04. The van der Waals surface area contributed by atoms with Gasteiger partial charge >= 0.3 is 0 Å². The van der Waals surface area contributed by atoms with Crippen LogP contribution in [0, 0.1) is 0 Å². The maximum Gasteiger partial charge on any atom is 0.174 e. The molecule has 0 aliphatic rings. The van der Waals surface area contributed by atoms with Crippen molar-refractivity contribution in [2.75, 3.05) is 11.5 Å². The Hall–Kier alpha value is -0.180. The maximum absolute atomic E-state index is 4.25. The zero-order valence-electron chi connectivity index (χ0n) is 13.1. The van der Waals surface area contributed by atoms with Gasteiger partial charge < -0.3 is 0 Å². The second-order valence-electron chi connectivity index (χ2n) is 4.83. The Balaban J connectivity index is 1.64. The molecule has 0 fully saturated rings. The highest BCUT2D eigenvalue weighted by Gasteiger charge is 2.07. The zero-order valence-corrected chi connectivity index (χ0v) is 16.3. The number of rotatable bonds is 11. The molecular weight excluding hydrogens is 352 g/mol. The number of nitrogens with zero attached hydrogens (tertiary/aromatic N) is 4. The Bertz CT molecular complexity index is 492. The van der Waals surface area contributed by atoms with Crippen LogP contribution in [0.4, 0.5) is 0 Å². The fraction of sp³-hybridized carbons (Fsp3) is 0.714. The van der Waals surface area contributed by atoms with Crippen LogP contribution in [0.1, 0.15) is 49.5 Å². The van der Waals surface area contributed by atoms with E-state index < -0.39 is 0 Å². The Morgan fingerprint density at radius 2 is 1.18 bits per heavy atom. The van der Waals surface area contributed by atoms with Crippen molar-refractivity contribution in [3.8, 4) is 0 Å². The summed E-state index contributed by atoms with van der Waals surface area (Å²) in [5.74, 6) is 2.08. The third-order valence-corrected chi connectivity index (χ3v) is 7.41. The van der Waals surface area contributed by atoms with Crippen molar-refractivity contribution in [2.45, 2.75) is 61.1 Å². The van der Waals surface area contributed by atoms with Crippen molar-refractivity contribution in [1.29, 1.82) is 0 Å². The molecule has 2 aromatic rings. The summed E-state index contributed by atoms with van der Waals surface area (Å²) in [7, 11) is 0. The van der Waals surface area contributed by atoms with E-state index in [-0.39, 0.29) is 0 Å². The molecule has 0 aromatic carbocycles. The molecule has 122 valence electrons. The number of hydrogen-bond donors (Lipinski definition) is 0. The summed E-state index contributed by atoms with van der Waals surface area (Å²) >= 11 is 7.07. The van der Waals surface area contributed by atoms with Crippen molar-refractivity contribution in [1.82, 2.24) is 20.4 Å². The molecule has 8 heteroatoms. The van der Waals surface area contributed by atoms with Crippen LogP contribution in [0.2, 0.25) is 0 Å². The molecule has 0 saturated heterocycles. The van der Waals surface area contributed by atoms with Crippen LogP contribution in [-0.2, 0) is 12.8 Å². The predicted molar refractivity (Wildman–Crippen MR) is 98.5 cm³/mol. The fourth-order valence-corrected chi connectivity index (χ4v) is 5.69. The Kier molecular flexibility index (Phi) is 8.72. The number of thioether (sulfide) groups is 2. The lowest BCUT2D eigenvalue weighted by molar-refractivity contribution is 0.777. The summed E-state index contributed by atoms with van der Waals surface area (Å²) in [6.45, 7) is 4.41. The molecule has 2 rings (SSSR count). The summed E-state index contributed by atoms with van der Waals surface area (Å²) in [6.07, 6.45) is 6.95. The largest absolute Gasteiger partial charge is 0.174 e. The third kappa shape index (κ3) is 6.52. The molecular formula is C14H22N4S4. The van der Waals surface area contributed by atoms with Gasteiger partial charge in [-0.25, -0.2) is 0 Å². The highest BCUT2D eigenvalue weighted by molar-refractivity contribution is 8.04. The summed E-state index contributed by atoms with van der Waals surface area (Å²) in [4.78, 5) is 0. The number of hydrogen-bond acceptors (Lipinski definition) is 8. The van der Waals surface area contributed by atoms with Crippen LogP contribution in [-0.4, -0.2) is 31.9 Å². The molecule has 0 atom stereocenters. The van der Waals surface area contributed by atoms with E-state index in [4.69, 9.17) is 0 Å². The average molecular weight is 375 g/mol. The van der Waals surface area contributed by atoms with E-state index in [9.17, 15) is 0 Å². The highest BCUT2D eigenvalue weighted by Crippen LogP contribution is 2.27. The van der Waals surface area contributed by atoms with Crippen LogP contribution in [0.15, 0.2) is 8.68 Å². The molecule has 0 spiro atoms. The zero-order chi connectivity index (χ0) is 15.6. The van der Waals surface area contributed by atoms with Gasteiger partial charge in [-0.15, -0.1) is 20.4 Å². The van der Waals surface area contributed by atoms with E-state index in [1.807, 2.05) is 0 Å². The average Bonchev–Trinajstić information content (AvgIpc) is 3.17. The van der Waals surface area contributed by atoms with E-state index in [1.165, 1.54) is 35.7 Å². The van der Waals surface area contributed by atoms with Gasteiger partial charge in [-0.2, -0.15) is 0 Å². The van der Waals surface area contributed by atoms with Gasteiger partial charge in [0.25, 0.3) is 0 Å². The van der Waals surface area contributed by atoms with Gasteiger partial charge in [0.2, 0.25) is 0 Å². The number of aryl methyl sites for hydroxylation is 2. The van der Waals surface area contributed by atoms with Crippen LogP contribution >= 0.6 is 46.2 Å². The summed E-state index contributed by atoms with van der Waals surface area (Å²) in [5, 5.41) is 19.3. The molecule has 2 heterocycles. The molecule has 2 aromatic heterocycles. The molecule has 0 bridgehead atoms. The first-order valence-electron chi connectivity index (χ1n) is 7.72. The van der Waals surface area contributed by atoms with Gasteiger partial charge in [0.1, 0.15) is 10.0 Å². The molecule has 22 heavy (non-hydrogen) atoms. The molecule has 0 unspecified atom stereocenters. The van der Waals surface area contributed by atoms with Crippen LogP contribution < -0.4 is 0 Å². The minimum Gasteiger partial charge on any atom is -0.143 e. The van der Waals surface area contributed by atoms with Crippen molar-refractivity contribution < 1.29 is 0 Å². The molecule has 0 aliphatic heterocycles. The molecule has 0 radical (unpaired) electrons. The fourth-order valence-electron chi connectivity index (χ4n) is 1.71. The van der Waals surface area contributed by atoms with Gasteiger partial charge in [0, 0.05) is 24.3 Å². The second-order valence-corrected chi connectivity index (χ2v) is 9.64. The van der Waals surface area contributed by atoms with Gasteiger partial charge in [-0.3, -0.25) is 0 Å². The van der Waals surface area contributed by atoms with Crippen LogP contribution in [0.25, 0.3) is 0 Å². The lowest BCUT2D eigenvalue weighted by Gasteiger charge is -1.95. The van der Waals surface area contributed by atoms with E-state index >= 15 is 0 Å². The molecule has 0 N–H and O–H groups in total. The maximum atomic E-state index is 4.25. The molecule has 0 saturated carbocycles. The van der Waals surface area contributed by atoms with Crippen LogP contribution in [0.3, 0.4) is 0 Å². The van der Waals surface area contributed by atoms with Gasteiger partial charge in [0.05, 0.1) is 0 Å². The molecule has 4 nitrogen and oxygen atoms in total. The monoisotopic (exact) mass is 374 g/mol. The van der Waals surface area contributed by atoms with Gasteiger partial charge in [-0.1, -0.05) is 72.9 Å². The van der Waals surface area contributed by atoms with Crippen molar-refractivity contribution in [3.63, 3.8) is 0 Å². The lowest BCUT2D eigenvalue weighted by atomic mass is 10.3. The van der Waals surface area contributed by atoms with Crippen LogP contribution in [0.5, 0.6) is 0 Å². The Labute approximate surface area is 148 Å². The van der Waals surface area contributed by atoms with E-state index in [0.29, 0.717) is 0 Å². The normalized spacial score (nSPS) is 11.2. The number of unbranched alkanes of at least 4 members (excludes halogenated alkanes) is 2. The Morgan fingerprint density at radius 3 is 1.59 bits per heavy atom. The molecule has 0 amide bonds. The van der Waals surface area contributed by atoms with E-state index in [2.05, 4.69) is 34.2 Å². The first kappa shape index (κ1) is 18.2. The smallest absolute Gasteiger partial charge is 0.143 e. The van der Waals surface area contributed by atoms with Gasteiger partial charge in [0.15, 0.2) is 8.68 Å². The SMILES string of the molecule is CCCCc1nnc(SCCSc2nnc(CCCC)s2)s1. The first-order chi connectivity index (χ1) is 10.8. The topological polar surface area (TPSA) is 51.6 Å². The quantitative estimate of drug-likeness (QED) is 0.409. The van der Waals surface area contributed by atoms with Gasteiger partial charge in [-0.05, 0) is 12.8 Å². The Morgan fingerprint density at radius 1 is 0.727 bits per heavy atom. The summed E-state index contributed by atoms with van der Waals surface area (Å²) < 4.78 is 2.18. The van der Waals surface area contributed by atoms with Crippen molar-refractivity contribution in [3.05, 3.63) is 10.0 Å². The lowest BCUT2D eigenvalue weighted by Crippen LogP contribution is -1.84. The first-order valence-corrected chi connectivity index (χ1v) is 11.3. The summed E-state index contributed by atoms with van der Waals surface area (Å²) in [5.41, 5.74) is 0. The van der Waals surface area contributed by atoms with E-state index in [1.54, 1.807) is 46.2 Å². The highest BCUT2D eigenvalue weighted by atomic mass is 32.2.